The summed E-state index contributed by atoms with van der Waals surface area (Å²) >= 11 is 2.15. The normalized spacial score (nSPS) is 31.2. The van der Waals surface area contributed by atoms with Crippen molar-refractivity contribution in [1.29, 1.82) is 0 Å². The van der Waals surface area contributed by atoms with Crippen LogP contribution in [0.1, 0.15) is 24.0 Å². The quantitative estimate of drug-likeness (QED) is 0.424. The Bertz CT molecular complexity index is 619. The van der Waals surface area contributed by atoms with Crippen LogP contribution in [0.5, 0.6) is 11.5 Å². The van der Waals surface area contributed by atoms with Crippen molar-refractivity contribution < 1.29 is 14.6 Å². The van der Waals surface area contributed by atoms with Gasteiger partial charge in [0.1, 0.15) is 6.10 Å². The smallest absolute Gasteiger partial charge is 0.166 e. The van der Waals surface area contributed by atoms with Gasteiger partial charge in [0.2, 0.25) is 0 Å². The lowest BCUT2D eigenvalue weighted by molar-refractivity contribution is 0.0821. The molecule has 23 heavy (non-hydrogen) atoms. The molecule has 0 saturated heterocycles. The minimum absolute atomic E-state index is 0.00838. The second-order valence-electron chi connectivity index (χ2n) is 6.43. The molecule has 2 aliphatic heterocycles. The van der Waals surface area contributed by atoms with Gasteiger partial charge in [0.15, 0.2) is 11.5 Å². The van der Waals surface area contributed by atoms with Gasteiger partial charge < -0.3 is 19.5 Å². The van der Waals surface area contributed by atoms with Crippen LogP contribution in [-0.2, 0) is 12.0 Å². The number of aliphatic hydroxyl groups is 1. The van der Waals surface area contributed by atoms with Crippen molar-refractivity contribution in [2.45, 2.75) is 37.0 Å². The molecule has 3 atom stereocenters. The number of benzene rings is 1. The zero-order chi connectivity index (χ0) is 16.6. The molecule has 126 valence electrons. The van der Waals surface area contributed by atoms with Crippen LogP contribution >= 0.6 is 22.6 Å². The van der Waals surface area contributed by atoms with Gasteiger partial charge in [0.25, 0.3) is 0 Å². The fourth-order valence-electron chi connectivity index (χ4n) is 4.08. The van der Waals surface area contributed by atoms with Crippen molar-refractivity contribution >= 4 is 22.6 Å². The Hall–Kier alpha value is -0.790. The molecule has 0 saturated carbocycles. The van der Waals surface area contributed by atoms with Crippen LogP contribution in [0.25, 0.3) is 0 Å². The molecule has 0 aromatic heterocycles. The minimum atomic E-state index is -0.412. The number of hydrogen-bond donors (Lipinski definition) is 1. The third-order valence-corrected chi connectivity index (χ3v) is 5.15. The Labute approximate surface area is 151 Å². The number of nitrogens with zero attached hydrogens (tertiary/aromatic N) is 1. The zero-order valence-electron chi connectivity index (χ0n) is 13.9. The van der Waals surface area contributed by atoms with Crippen molar-refractivity contribution in [3.05, 3.63) is 35.4 Å². The summed E-state index contributed by atoms with van der Waals surface area (Å²) in [6, 6.07) is 4.16. The van der Waals surface area contributed by atoms with Gasteiger partial charge in [-0.3, -0.25) is 0 Å². The fraction of sp³-hybridized carbons (Fsp3) is 0.556. The fourth-order valence-corrected chi connectivity index (χ4v) is 4.08. The van der Waals surface area contributed by atoms with Crippen LogP contribution in [0.3, 0.4) is 0 Å². The molecule has 3 aliphatic rings. The molecule has 4 nitrogen and oxygen atoms in total. The molecule has 0 bridgehead atoms. The average Bonchev–Trinajstić information content (AvgIpc) is 2.82. The second kappa shape index (κ2) is 6.61. The van der Waals surface area contributed by atoms with Gasteiger partial charge in [-0.1, -0.05) is 40.8 Å². The largest absolute Gasteiger partial charge is 0.493 e. The summed E-state index contributed by atoms with van der Waals surface area (Å²) in [7, 11) is 3.84. The Morgan fingerprint density at radius 1 is 1.39 bits per heavy atom. The van der Waals surface area contributed by atoms with Crippen molar-refractivity contribution in [1.82, 2.24) is 4.90 Å². The summed E-state index contributed by atoms with van der Waals surface area (Å²) in [4.78, 5) is 4.32. The van der Waals surface area contributed by atoms with Gasteiger partial charge in [0.05, 0.1) is 18.6 Å². The van der Waals surface area contributed by atoms with E-state index < -0.39 is 6.10 Å². The molecule has 0 unspecified atom stereocenters. The van der Waals surface area contributed by atoms with Crippen molar-refractivity contribution in [2.75, 3.05) is 25.6 Å². The lowest BCUT2D eigenvalue weighted by Crippen LogP contribution is -2.42. The van der Waals surface area contributed by atoms with E-state index in [0.717, 1.165) is 31.0 Å². The number of alkyl halides is 1. The van der Waals surface area contributed by atoms with Gasteiger partial charge >= 0.3 is 0 Å². The summed E-state index contributed by atoms with van der Waals surface area (Å²) in [5, 5.41) is 9.97. The molecule has 2 heterocycles. The summed E-state index contributed by atoms with van der Waals surface area (Å²) in [6.45, 7) is 1.96. The van der Waals surface area contributed by atoms with Crippen molar-refractivity contribution in [3.63, 3.8) is 0 Å². The first-order chi connectivity index (χ1) is 11.1. The predicted molar refractivity (Wildman–Crippen MR) is 99.7 cm³/mol. The second-order valence-corrected chi connectivity index (χ2v) is 6.43. The van der Waals surface area contributed by atoms with Gasteiger partial charge in [-0.05, 0) is 36.6 Å². The molecule has 1 aromatic carbocycles. The zero-order valence-corrected chi connectivity index (χ0v) is 16.0. The first-order valence-electron chi connectivity index (χ1n) is 7.95. The number of hydrogen-bond acceptors (Lipinski definition) is 4. The first-order valence-corrected chi connectivity index (χ1v) is 10.1. The monoisotopic (exact) mass is 429 g/mol. The van der Waals surface area contributed by atoms with Crippen LogP contribution in [0, 0.1) is 0 Å². The maximum atomic E-state index is 9.97. The van der Waals surface area contributed by atoms with Crippen LogP contribution in [-0.4, -0.2) is 47.8 Å². The number of ether oxygens (including phenoxy) is 2. The maximum Gasteiger partial charge on any atom is 0.166 e. The molecule has 5 heteroatoms. The maximum absolute atomic E-state index is 9.97. The van der Waals surface area contributed by atoms with Crippen LogP contribution in [0.2, 0.25) is 0 Å². The molecule has 0 fully saturated rings. The molecule has 4 rings (SSSR count). The molecule has 1 aliphatic carbocycles. The minimum Gasteiger partial charge on any atom is -0.493 e. The molecule has 1 N–H and O–H groups in total. The van der Waals surface area contributed by atoms with Crippen molar-refractivity contribution in [2.24, 2.45) is 0 Å². The lowest BCUT2D eigenvalue weighted by Gasteiger charge is -2.35. The standard InChI is InChI=1S/C17H21NO3.CH3I/c1-18-8-7-17-6-5-12(19)9-14(17)21-16-13(20-2)4-3-11(10-18)15(16)17;1-2/h3-6,12,14,19H,7-10H2,1-2H3;1H3/t12-,14-,17-;/m0./s1. The highest BCUT2D eigenvalue weighted by Crippen LogP contribution is 2.55. The third kappa shape index (κ3) is 2.66. The SMILES string of the molecule is CI.COc1ccc2c3c1O[C@H]1C[C@@H](O)C=C[C@@]31CCN(C)C2. The van der Waals surface area contributed by atoms with E-state index in [-0.39, 0.29) is 11.5 Å². The van der Waals surface area contributed by atoms with E-state index in [4.69, 9.17) is 9.47 Å². The van der Waals surface area contributed by atoms with Gasteiger partial charge in [-0.25, -0.2) is 0 Å². The predicted octanol–water partition coefficient (Wildman–Crippen LogP) is 2.90. The van der Waals surface area contributed by atoms with E-state index in [1.807, 2.05) is 17.1 Å². The van der Waals surface area contributed by atoms with E-state index in [0.29, 0.717) is 6.42 Å². The topological polar surface area (TPSA) is 41.9 Å². The van der Waals surface area contributed by atoms with E-state index >= 15 is 0 Å². The average molecular weight is 429 g/mol. The first kappa shape index (κ1) is 17.0. The molecule has 1 aromatic rings. The van der Waals surface area contributed by atoms with Crippen LogP contribution in [0.4, 0.5) is 0 Å². The van der Waals surface area contributed by atoms with E-state index in [1.165, 1.54) is 11.1 Å². The van der Waals surface area contributed by atoms with Gasteiger partial charge in [-0.2, -0.15) is 0 Å². The molecular formula is C18H24INO3. The Balaban J connectivity index is 0.000000753. The summed E-state index contributed by atoms with van der Waals surface area (Å²) in [5.41, 5.74) is 2.48. The van der Waals surface area contributed by atoms with Gasteiger partial charge in [-0.15, -0.1) is 0 Å². The Morgan fingerprint density at radius 3 is 2.91 bits per heavy atom. The van der Waals surface area contributed by atoms with Crippen LogP contribution < -0.4 is 9.47 Å². The van der Waals surface area contributed by atoms with Crippen molar-refractivity contribution in [3.8, 4) is 11.5 Å². The molecule has 1 spiro atoms. The van der Waals surface area contributed by atoms with Crippen LogP contribution in [0.15, 0.2) is 24.3 Å². The van der Waals surface area contributed by atoms with E-state index in [1.54, 1.807) is 7.11 Å². The number of rotatable bonds is 1. The highest BCUT2D eigenvalue weighted by atomic mass is 127. The molecular weight excluding hydrogens is 405 g/mol. The molecule has 0 radical (unpaired) electrons. The summed E-state index contributed by atoms with van der Waals surface area (Å²) < 4.78 is 11.8. The van der Waals surface area contributed by atoms with E-state index in [9.17, 15) is 5.11 Å². The third-order valence-electron chi connectivity index (χ3n) is 5.15. The highest BCUT2D eigenvalue weighted by molar-refractivity contribution is 14.1. The Morgan fingerprint density at radius 2 is 2.17 bits per heavy atom. The summed E-state index contributed by atoms with van der Waals surface area (Å²) in [5.74, 6) is 1.68. The Kier molecular flexibility index (Phi) is 4.90. The number of halogens is 1. The van der Waals surface area contributed by atoms with E-state index in [2.05, 4.69) is 46.7 Å². The summed E-state index contributed by atoms with van der Waals surface area (Å²) in [6.07, 6.45) is 5.38. The highest BCUT2D eigenvalue weighted by Gasteiger charge is 2.52. The number of methoxy groups -OCH3 is 1. The lowest BCUT2D eigenvalue weighted by atomic mass is 9.69. The van der Waals surface area contributed by atoms with Gasteiger partial charge in [0, 0.05) is 18.5 Å². The molecule has 0 amide bonds. The number of aliphatic hydroxyl groups excluding tert-OH is 1.